The number of nitrogens with zero attached hydrogens (tertiary/aromatic N) is 5. The molecule has 420 valence electrons. The van der Waals surface area contributed by atoms with E-state index in [0.717, 1.165) is 0 Å². The number of aliphatic hydroxyl groups is 2. The van der Waals surface area contributed by atoms with E-state index in [4.69, 9.17) is 35.3 Å². The molecule has 1 aromatic heterocycles. The molecule has 4 rings (SSSR count). The summed E-state index contributed by atoms with van der Waals surface area (Å²) >= 11 is 6.55. The molecule has 76 heavy (non-hydrogen) atoms. The highest BCUT2D eigenvalue weighted by atomic mass is 35.5. The van der Waals surface area contributed by atoms with Crippen molar-refractivity contribution in [3.63, 3.8) is 0 Å². The Morgan fingerprint density at radius 1 is 0.684 bits per heavy atom. The monoisotopic (exact) mass is 1090 g/mol. The first kappa shape index (κ1) is 62.1. The summed E-state index contributed by atoms with van der Waals surface area (Å²) in [5, 5.41) is 55.6. The van der Waals surface area contributed by atoms with Gasteiger partial charge in [-0.15, -0.1) is 0 Å². The summed E-state index contributed by atoms with van der Waals surface area (Å²) in [7, 11) is 0. The van der Waals surface area contributed by atoms with E-state index in [1.54, 1.807) is 53.1 Å². The lowest BCUT2D eigenvalue weighted by atomic mass is 10.0. The minimum Gasteiger partial charge on any atom is -0.491 e. The molecule has 2 heterocycles. The van der Waals surface area contributed by atoms with Crippen LogP contribution in [0.2, 0.25) is 5.02 Å². The predicted molar refractivity (Wildman–Crippen MR) is 277 cm³/mol. The van der Waals surface area contributed by atoms with E-state index in [0.29, 0.717) is 80.5 Å². The molecule has 0 radical (unpaired) electrons. The number of hydrogen-bond donors (Lipinski definition) is 8. The number of ether oxygens (including phenoxy) is 5. The molecule has 26 heteroatoms. The number of nitrogens with one attached hydrogen (secondary N) is 3. The zero-order valence-electron chi connectivity index (χ0n) is 42.9. The van der Waals surface area contributed by atoms with Crippen LogP contribution >= 0.6 is 11.6 Å². The lowest BCUT2D eigenvalue weighted by molar-refractivity contribution is -0.139. The Balaban J connectivity index is 1.34. The van der Waals surface area contributed by atoms with Crippen LogP contribution in [-0.4, -0.2) is 230 Å². The number of halogens is 1. The molecule has 8 N–H and O–H groups in total. The fraction of sp³-hybridized carbons (Fsp3) is 0.540. The minimum absolute atomic E-state index is 0.0109. The van der Waals surface area contributed by atoms with E-state index < -0.39 is 42.0 Å². The minimum atomic E-state index is -1.22. The Morgan fingerprint density at radius 2 is 1.25 bits per heavy atom. The van der Waals surface area contributed by atoms with Crippen molar-refractivity contribution in [1.29, 1.82) is 0 Å². The smallest absolute Gasteiger partial charge is 0.319 e. The Hall–Kier alpha value is -6.42. The highest BCUT2D eigenvalue weighted by Gasteiger charge is 2.25. The number of hydrogen-bond acceptors (Lipinski definition) is 18. The fourth-order valence-corrected chi connectivity index (χ4v) is 8.26. The van der Waals surface area contributed by atoms with Gasteiger partial charge in [-0.25, -0.2) is 4.79 Å². The fourth-order valence-electron chi connectivity index (χ4n) is 8.03. The van der Waals surface area contributed by atoms with Crippen LogP contribution in [0.4, 0.5) is 10.5 Å². The standard InChI is InChI=1S/C50H71ClN8O17/c1-35-29-59(31-39-40(51)7-4-8-42(39)75-22-19-61)49(70)47(54-50(71)53-41(28-44(64)65)37-5-3-6-38(27-37)74-21-18-60)48(35)76-26-25-73-24-23-72-20-9-52-43(63)32-56-12-16-57(33-45(66)67)14-10-55(30-36(2)62)11-15-58(17-13-56)34-46(68)69/h3-8,27,29,41,60-61H,9-26,28,30-34H2,1-2H3,(H,52,63)(H,64,65)(H,66,67)(H,68,69)(H2,53,54,71)/t41-/m0/s1. The van der Waals surface area contributed by atoms with Gasteiger partial charge in [-0.3, -0.25) is 48.4 Å². The summed E-state index contributed by atoms with van der Waals surface area (Å²) in [6.07, 6.45) is 0.980. The maximum absolute atomic E-state index is 14.3. The highest BCUT2D eigenvalue weighted by Crippen LogP contribution is 2.30. The van der Waals surface area contributed by atoms with Gasteiger partial charge in [0.25, 0.3) is 5.56 Å². The number of Topliss-reactive ketones (excluding diaryl/α,β-unsaturated/α-hetero) is 1. The van der Waals surface area contributed by atoms with E-state index in [2.05, 4.69) is 16.0 Å². The van der Waals surface area contributed by atoms with Crippen molar-refractivity contribution in [3.8, 4) is 17.2 Å². The molecule has 3 amide bonds. The van der Waals surface area contributed by atoms with Crippen LogP contribution in [0, 0.1) is 6.92 Å². The third kappa shape index (κ3) is 22.8. The second-order valence-corrected chi connectivity index (χ2v) is 18.1. The molecule has 0 unspecified atom stereocenters. The average Bonchev–Trinajstić information content (AvgIpc) is 3.36. The van der Waals surface area contributed by atoms with E-state index in [1.807, 2.05) is 9.80 Å². The maximum Gasteiger partial charge on any atom is 0.319 e. The molecule has 2 aromatic carbocycles. The average molecular weight is 1090 g/mol. The van der Waals surface area contributed by atoms with Gasteiger partial charge in [0.2, 0.25) is 5.91 Å². The van der Waals surface area contributed by atoms with E-state index in [9.17, 15) is 59.1 Å². The summed E-state index contributed by atoms with van der Waals surface area (Å²) in [5.41, 5.74) is 0.242. The number of aliphatic hydroxyl groups excluding tert-OH is 2. The second-order valence-electron chi connectivity index (χ2n) is 17.6. The molecule has 1 aliphatic heterocycles. The second kappa shape index (κ2) is 33.6. The number of urea groups is 1. The van der Waals surface area contributed by atoms with Gasteiger partial charge in [0.15, 0.2) is 11.4 Å². The molecule has 1 atom stereocenters. The number of pyridine rings is 1. The van der Waals surface area contributed by atoms with Crippen molar-refractivity contribution < 1.29 is 78.0 Å². The van der Waals surface area contributed by atoms with Gasteiger partial charge in [-0.05, 0) is 43.7 Å². The molecule has 3 aromatic rings. The topological polar surface area (TPSA) is 321 Å². The number of aromatic nitrogens is 1. The molecule has 1 fully saturated rings. The number of carboxylic acid groups (broad SMARTS) is 3. The maximum atomic E-state index is 14.3. The molecular formula is C50H71ClN8O17. The summed E-state index contributed by atoms with van der Waals surface area (Å²) < 4.78 is 29.8. The molecule has 1 aliphatic rings. The molecule has 0 aliphatic carbocycles. The number of carbonyl (C=O) groups excluding carboxylic acids is 3. The van der Waals surface area contributed by atoms with Crippen LogP contribution < -0.4 is 35.7 Å². The van der Waals surface area contributed by atoms with Crippen molar-refractivity contribution in [2.75, 3.05) is 150 Å². The number of amides is 3. The largest absolute Gasteiger partial charge is 0.491 e. The Kier molecular flexibility index (Phi) is 27.4. The van der Waals surface area contributed by atoms with Crippen LogP contribution in [0.5, 0.6) is 17.2 Å². The first-order valence-corrected chi connectivity index (χ1v) is 25.1. The first-order valence-electron chi connectivity index (χ1n) is 24.7. The number of rotatable bonds is 31. The van der Waals surface area contributed by atoms with Gasteiger partial charge in [0.1, 0.15) is 37.1 Å². The van der Waals surface area contributed by atoms with Crippen LogP contribution in [0.15, 0.2) is 53.5 Å². The van der Waals surface area contributed by atoms with Crippen LogP contribution in [0.25, 0.3) is 0 Å². The lowest BCUT2D eigenvalue weighted by Crippen LogP contribution is -2.49. The van der Waals surface area contributed by atoms with Crippen molar-refractivity contribution in [3.05, 3.63) is 80.7 Å². The normalized spacial score (nSPS) is 14.6. The molecular weight excluding hydrogens is 1020 g/mol. The number of carbonyl (C=O) groups is 6. The molecule has 0 spiro atoms. The van der Waals surface area contributed by atoms with Crippen LogP contribution in [0.1, 0.15) is 36.1 Å². The Bertz CT molecular complexity index is 2400. The van der Waals surface area contributed by atoms with Crippen molar-refractivity contribution in [1.82, 2.24) is 34.8 Å². The Labute approximate surface area is 445 Å². The van der Waals surface area contributed by atoms with Gasteiger partial charge in [-0.2, -0.15) is 0 Å². The summed E-state index contributed by atoms with van der Waals surface area (Å²) in [4.78, 5) is 95.4. The lowest BCUT2D eigenvalue weighted by Gasteiger charge is -2.33. The van der Waals surface area contributed by atoms with E-state index >= 15 is 0 Å². The summed E-state index contributed by atoms with van der Waals surface area (Å²) in [5.74, 6) is -2.93. The molecule has 25 nitrogen and oxygen atoms in total. The highest BCUT2D eigenvalue weighted by molar-refractivity contribution is 6.31. The third-order valence-corrected chi connectivity index (χ3v) is 11.9. The molecule has 0 saturated carbocycles. The van der Waals surface area contributed by atoms with Gasteiger partial charge in [0, 0.05) is 81.2 Å². The van der Waals surface area contributed by atoms with Gasteiger partial charge in [-0.1, -0.05) is 29.8 Å². The third-order valence-electron chi connectivity index (χ3n) is 11.6. The van der Waals surface area contributed by atoms with Crippen molar-refractivity contribution in [2.45, 2.75) is 32.9 Å². The molecule has 1 saturated heterocycles. The predicted octanol–water partition coefficient (Wildman–Crippen LogP) is 0.446. The first-order chi connectivity index (χ1) is 36.5. The zero-order chi connectivity index (χ0) is 55.4. The molecule has 0 bridgehead atoms. The van der Waals surface area contributed by atoms with Gasteiger partial charge < -0.3 is 69.7 Å². The summed E-state index contributed by atoms with van der Waals surface area (Å²) in [6.45, 7) is 5.52. The van der Waals surface area contributed by atoms with Gasteiger partial charge in [0.05, 0.1) is 84.8 Å². The van der Waals surface area contributed by atoms with Crippen LogP contribution in [-0.2, 0) is 40.0 Å². The summed E-state index contributed by atoms with van der Waals surface area (Å²) in [6, 6.07) is 9.22. The number of carboxylic acids is 3. The van der Waals surface area contributed by atoms with Crippen LogP contribution in [0.3, 0.4) is 0 Å². The Morgan fingerprint density at radius 3 is 1.84 bits per heavy atom. The van der Waals surface area contributed by atoms with Crippen molar-refractivity contribution >= 4 is 52.9 Å². The number of aliphatic carboxylic acids is 3. The number of benzene rings is 2. The number of ketones is 1. The number of anilines is 1. The van der Waals surface area contributed by atoms with E-state index in [-0.39, 0.29) is 127 Å². The van der Waals surface area contributed by atoms with Gasteiger partial charge >= 0.3 is 23.9 Å². The zero-order valence-corrected chi connectivity index (χ0v) is 43.7. The number of aryl methyl sites for hydroxylation is 1. The van der Waals surface area contributed by atoms with E-state index in [1.165, 1.54) is 23.8 Å². The quantitative estimate of drug-likeness (QED) is 0.0406. The van der Waals surface area contributed by atoms with Crippen molar-refractivity contribution in [2.24, 2.45) is 0 Å². The SMILES string of the molecule is CC(=O)CN1CCN(CC(=O)O)CCN(CC(=O)NCCOCCOCCOc2c(C)cn(Cc3c(Cl)cccc3OCCO)c(=O)c2NC(=O)N[C@@H](CC(=O)O)c2cccc(OCCO)c2)CCN(CC(=O)O)CC1.